The Hall–Kier alpha value is -4.27. The third kappa shape index (κ3) is 4.50. The van der Waals surface area contributed by atoms with Gasteiger partial charge in [-0.25, -0.2) is 9.80 Å². The molecule has 9 nitrogen and oxygen atoms in total. The largest absolute Gasteiger partial charge is 0.478 e. The van der Waals surface area contributed by atoms with Crippen LogP contribution in [0.1, 0.15) is 32.7 Å². The third-order valence-electron chi connectivity index (χ3n) is 4.82. The minimum Gasteiger partial charge on any atom is -0.478 e. The standard InChI is InChI=1S/C22H19N5O4/c28-19-10-20(27-9-1-8-26-27)24-13-17(19)21(29)25-12-14-2-7-18(23-11-14)15-3-5-16(6-4-15)22(30)31/h2-8,10-11,13H,1,9,12H2,(H,24,28)(H,25,29)(H,30,31). The van der Waals surface area contributed by atoms with Crippen LogP contribution in [-0.2, 0) is 6.54 Å². The number of pyridine rings is 2. The van der Waals surface area contributed by atoms with Crippen LogP contribution < -0.4 is 15.8 Å². The van der Waals surface area contributed by atoms with E-state index in [0.717, 1.165) is 17.5 Å². The number of carboxylic acid groups (broad SMARTS) is 1. The lowest BCUT2D eigenvalue weighted by Crippen LogP contribution is -2.29. The van der Waals surface area contributed by atoms with Crippen LogP contribution in [0.25, 0.3) is 11.3 Å². The molecule has 0 saturated heterocycles. The number of anilines is 1. The Bertz CT molecular complexity index is 1200. The minimum atomic E-state index is -0.983. The van der Waals surface area contributed by atoms with Gasteiger partial charge in [0.05, 0.1) is 11.3 Å². The van der Waals surface area contributed by atoms with Crippen molar-refractivity contribution >= 4 is 23.9 Å². The lowest BCUT2D eigenvalue weighted by atomic mass is 10.1. The molecule has 3 aromatic rings. The van der Waals surface area contributed by atoms with Crippen molar-refractivity contribution in [2.45, 2.75) is 13.0 Å². The van der Waals surface area contributed by atoms with Crippen LogP contribution in [-0.4, -0.2) is 39.7 Å². The molecule has 0 saturated carbocycles. The molecule has 0 atom stereocenters. The zero-order chi connectivity index (χ0) is 21.8. The highest BCUT2D eigenvalue weighted by Gasteiger charge is 2.15. The molecular weight excluding hydrogens is 398 g/mol. The summed E-state index contributed by atoms with van der Waals surface area (Å²) < 4.78 is 0. The summed E-state index contributed by atoms with van der Waals surface area (Å²) in [4.78, 5) is 43.0. The number of nitrogens with one attached hydrogen (secondary N) is 2. The maximum absolute atomic E-state index is 12.4. The van der Waals surface area contributed by atoms with Crippen molar-refractivity contribution in [2.75, 3.05) is 11.6 Å². The predicted octanol–water partition coefficient (Wildman–Crippen LogP) is 2.26. The lowest BCUT2D eigenvalue weighted by Gasteiger charge is -2.13. The first-order valence-electron chi connectivity index (χ1n) is 9.61. The van der Waals surface area contributed by atoms with Crippen molar-refractivity contribution in [2.24, 2.45) is 5.10 Å². The summed E-state index contributed by atoms with van der Waals surface area (Å²) in [6, 6.07) is 11.4. The molecule has 9 heteroatoms. The maximum atomic E-state index is 12.4. The number of aromatic carboxylic acids is 1. The van der Waals surface area contributed by atoms with Crippen molar-refractivity contribution in [3.8, 4) is 11.3 Å². The molecule has 0 fully saturated rings. The normalized spacial score (nSPS) is 12.7. The van der Waals surface area contributed by atoms with E-state index in [1.54, 1.807) is 35.6 Å². The van der Waals surface area contributed by atoms with E-state index in [9.17, 15) is 14.4 Å². The molecular formula is C22H19N5O4. The van der Waals surface area contributed by atoms with E-state index in [4.69, 9.17) is 5.11 Å². The highest BCUT2D eigenvalue weighted by Crippen LogP contribution is 2.18. The number of carbonyl (C=O) groups excluding carboxylic acids is 1. The van der Waals surface area contributed by atoms with Crippen LogP contribution in [0.5, 0.6) is 0 Å². The van der Waals surface area contributed by atoms with Gasteiger partial charge in [-0.2, -0.15) is 5.10 Å². The van der Waals surface area contributed by atoms with E-state index in [1.165, 1.54) is 24.4 Å². The molecule has 0 bridgehead atoms. The van der Waals surface area contributed by atoms with Gasteiger partial charge in [0.25, 0.3) is 5.91 Å². The van der Waals surface area contributed by atoms with Gasteiger partial charge >= 0.3 is 5.97 Å². The first-order valence-corrected chi connectivity index (χ1v) is 9.61. The number of aromatic nitrogens is 2. The van der Waals surface area contributed by atoms with Crippen LogP contribution in [0, 0.1) is 0 Å². The summed E-state index contributed by atoms with van der Waals surface area (Å²) in [6.07, 6.45) is 5.59. The van der Waals surface area contributed by atoms with Crippen LogP contribution in [0.15, 0.2) is 64.8 Å². The Morgan fingerprint density at radius 3 is 2.58 bits per heavy atom. The average molecular weight is 417 g/mol. The van der Waals surface area contributed by atoms with Crippen molar-refractivity contribution in [3.63, 3.8) is 0 Å². The quantitative estimate of drug-likeness (QED) is 0.564. The second-order valence-corrected chi connectivity index (χ2v) is 6.92. The molecule has 4 rings (SSSR count). The van der Waals surface area contributed by atoms with E-state index in [0.29, 0.717) is 18.1 Å². The van der Waals surface area contributed by atoms with Crippen LogP contribution in [0.2, 0.25) is 0 Å². The molecule has 1 aromatic carbocycles. The predicted molar refractivity (Wildman–Crippen MR) is 115 cm³/mol. The van der Waals surface area contributed by atoms with Crippen molar-refractivity contribution in [1.82, 2.24) is 15.3 Å². The number of carboxylic acids is 1. The monoisotopic (exact) mass is 417 g/mol. The third-order valence-corrected chi connectivity index (χ3v) is 4.82. The molecule has 0 spiro atoms. The highest BCUT2D eigenvalue weighted by molar-refractivity contribution is 5.94. The molecule has 156 valence electrons. The number of rotatable bonds is 6. The molecule has 1 aliphatic heterocycles. The number of hydrogen-bond donors (Lipinski definition) is 3. The Kier molecular flexibility index (Phi) is 5.57. The summed E-state index contributed by atoms with van der Waals surface area (Å²) in [5, 5.41) is 17.5. The smallest absolute Gasteiger partial charge is 0.335 e. The summed E-state index contributed by atoms with van der Waals surface area (Å²) in [7, 11) is 0. The fourth-order valence-electron chi connectivity index (χ4n) is 3.12. The summed E-state index contributed by atoms with van der Waals surface area (Å²) >= 11 is 0. The number of hydrogen-bond acceptors (Lipinski definition) is 6. The molecule has 2 aromatic heterocycles. The average Bonchev–Trinajstić information content (AvgIpc) is 3.33. The maximum Gasteiger partial charge on any atom is 0.335 e. The van der Waals surface area contributed by atoms with Crippen molar-refractivity contribution < 1.29 is 14.7 Å². The van der Waals surface area contributed by atoms with Gasteiger partial charge in [-0.05, 0) is 23.8 Å². The first-order chi connectivity index (χ1) is 15.0. The van der Waals surface area contributed by atoms with E-state index in [2.05, 4.69) is 20.4 Å². The van der Waals surface area contributed by atoms with Gasteiger partial charge < -0.3 is 15.4 Å². The molecule has 0 radical (unpaired) electrons. The number of H-pyrrole nitrogens is 1. The second-order valence-electron chi connectivity index (χ2n) is 6.92. The van der Waals surface area contributed by atoms with E-state index in [-0.39, 0.29) is 23.1 Å². The molecule has 3 N–H and O–H groups in total. The van der Waals surface area contributed by atoms with Gasteiger partial charge in [-0.1, -0.05) is 18.2 Å². The molecule has 3 heterocycles. The zero-order valence-corrected chi connectivity index (χ0v) is 16.4. The fraction of sp³-hybridized carbons (Fsp3) is 0.136. The van der Waals surface area contributed by atoms with Crippen LogP contribution in [0.4, 0.5) is 5.82 Å². The van der Waals surface area contributed by atoms with Crippen molar-refractivity contribution in [1.29, 1.82) is 0 Å². The van der Waals surface area contributed by atoms with Gasteiger partial charge in [0, 0.05) is 49.7 Å². The number of benzene rings is 1. The van der Waals surface area contributed by atoms with Crippen molar-refractivity contribution in [3.05, 3.63) is 81.8 Å². The minimum absolute atomic E-state index is 0.0232. The zero-order valence-electron chi connectivity index (χ0n) is 16.4. The molecule has 0 aliphatic carbocycles. The SMILES string of the molecule is O=C(O)c1ccc(-c2ccc(CNC(=O)c3c[nH]c(N4CCC=N4)cc3=O)cn2)cc1. The van der Waals surface area contributed by atoms with Gasteiger partial charge in [0.15, 0.2) is 5.43 Å². The Morgan fingerprint density at radius 1 is 1.16 bits per heavy atom. The van der Waals surface area contributed by atoms with Gasteiger partial charge in [0.2, 0.25) is 0 Å². The second kappa shape index (κ2) is 8.62. The summed E-state index contributed by atoms with van der Waals surface area (Å²) in [5.41, 5.74) is 2.08. The van der Waals surface area contributed by atoms with Gasteiger partial charge in [-0.15, -0.1) is 0 Å². The van der Waals surface area contributed by atoms with Crippen LogP contribution in [0.3, 0.4) is 0 Å². The first kappa shape index (κ1) is 20.0. The number of nitrogens with zero attached hydrogens (tertiary/aromatic N) is 3. The fourth-order valence-corrected chi connectivity index (χ4v) is 3.12. The summed E-state index contributed by atoms with van der Waals surface area (Å²) in [5.74, 6) is -0.916. The van der Waals surface area contributed by atoms with Gasteiger partial charge in [0.1, 0.15) is 11.4 Å². The number of hydrazone groups is 1. The number of carbonyl (C=O) groups is 2. The van der Waals surface area contributed by atoms with Gasteiger partial charge in [-0.3, -0.25) is 14.6 Å². The summed E-state index contributed by atoms with van der Waals surface area (Å²) in [6.45, 7) is 0.899. The van der Waals surface area contributed by atoms with E-state index >= 15 is 0 Å². The topological polar surface area (TPSA) is 128 Å². The Labute approximate surface area is 177 Å². The molecule has 31 heavy (non-hydrogen) atoms. The Morgan fingerprint density at radius 2 is 1.97 bits per heavy atom. The Balaban J connectivity index is 1.39. The van der Waals surface area contributed by atoms with Crippen LogP contribution >= 0.6 is 0 Å². The number of amides is 1. The highest BCUT2D eigenvalue weighted by atomic mass is 16.4. The lowest BCUT2D eigenvalue weighted by molar-refractivity contribution is 0.0696. The molecule has 1 aliphatic rings. The van der Waals surface area contributed by atoms with E-state index in [1.807, 2.05) is 6.07 Å². The molecule has 1 amide bonds. The number of aromatic amines is 1. The molecule has 0 unspecified atom stereocenters. The van der Waals surface area contributed by atoms with E-state index < -0.39 is 11.9 Å².